The molecule has 6 nitrogen and oxygen atoms in total. The summed E-state index contributed by atoms with van der Waals surface area (Å²) >= 11 is 0. The average molecular weight is 399 g/mol. The fourth-order valence-corrected chi connectivity index (χ4v) is 3.95. The molecule has 2 N–H and O–H groups in total. The number of ether oxygens (including phenoxy) is 1. The molecule has 1 atom stereocenters. The zero-order valence-corrected chi connectivity index (χ0v) is 15.0. The van der Waals surface area contributed by atoms with Gasteiger partial charge in [0.05, 0.1) is 0 Å². The summed E-state index contributed by atoms with van der Waals surface area (Å²) < 4.78 is 57.2. The van der Waals surface area contributed by atoms with Crippen molar-refractivity contribution >= 4 is 16.0 Å². The lowest BCUT2D eigenvalue weighted by atomic mass is 10.0. The van der Waals surface area contributed by atoms with Crippen molar-refractivity contribution in [3.8, 4) is 5.75 Å². The van der Waals surface area contributed by atoms with E-state index in [0.717, 1.165) is 17.7 Å². The van der Waals surface area contributed by atoms with E-state index < -0.39 is 39.3 Å². The van der Waals surface area contributed by atoms with Crippen LogP contribution in [-0.2, 0) is 21.2 Å². The molecule has 0 heterocycles. The van der Waals surface area contributed by atoms with Gasteiger partial charge in [-0.25, -0.2) is 13.1 Å². The van der Waals surface area contributed by atoms with Crippen LogP contribution in [0.1, 0.15) is 18.4 Å². The number of aliphatic carboxylic acids is 1. The van der Waals surface area contributed by atoms with Crippen LogP contribution in [0.4, 0.5) is 8.78 Å². The topological polar surface area (TPSA) is 92.7 Å². The van der Waals surface area contributed by atoms with Gasteiger partial charge in [0.25, 0.3) is 0 Å². The van der Waals surface area contributed by atoms with Gasteiger partial charge in [-0.15, -0.1) is 0 Å². The average Bonchev–Trinajstić information content (AvgIpc) is 2.60. The minimum absolute atomic E-state index is 0.0430. The van der Waals surface area contributed by atoms with Crippen LogP contribution in [0.15, 0.2) is 59.5 Å². The quantitative estimate of drug-likeness (QED) is 0.641. The van der Waals surface area contributed by atoms with Crippen molar-refractivity contribution in [1.29, 1.82) is 0 Å². The summed E-state index contributed by atoms with van der Waals surface area (Å²) in [5.41, 5.74) is 0.813. The van der Waals surface area contributed by atoms with Gasteiger partial charge in [-0.05, 0) is 30.5 Å². The number of sulfonamides is 1. The molecule has 2 aromatic rings. The minimum Gasteiger partial charge on any atom is -0.481 e. The smallest absolute Gasteiger partial charge is 0.387 e. The predicted molar refractivity (Wildman–Crippen MR) is 94.2 cm³/mol. The summed E-state index contributed by atoms with van der Waals surface area (Å²) in [6.07, 6.45) is 0.0573. The van der Waals surface area contributed by atoms with Crippen molar-refractivity contribution in [1.82, 2.24) is 4.72 Å². The lowest BCUT2D eigenvalue weighted by Gasteiger charge is -2.19. The summed E-state index contributed by atoms with van der Waals surface area (Å²) in [5.74, 6) is -1.54. The highest BCUT2D eigenvalue weighted by Crippen LogP contribution is 2.25. The largest absolute Gasteiger partial charge is 0.481 e. The molecule has 27 heavy (non-hydrogen) atoms. The first kappa shape index (κ1) is 20.8. The minimum atomic E-state index is -4.21. The zero-order valence-electron chi connectivity index (χ0n) is 14.2. The number of para-hydroxylation sites is 1. The first-order chi connectivity index (χ1) is 12.8. The number of nitrogens with one attached hydrogen (secondary N) is 1. The molecule has 2 rings (SSSR count). The Labute approximate surface area is 155 Å². The SMILES string of the molecule is O=C(O)CCC(Cc1ccccc1)NS(=O)(=O)c1ccccc1OC(F)F. The third-order valence-corrected chi connectivity index (χ3v) is 5.27. The Balaban J connectivity index is 2.25. The molecule has 0 saturated heterocycles. The second kappa shape index (κ2) is 9.43. The molecule has 146 valence electrons. The Kier molecular flexibility index (Phi) is 7.26. The normalized spacial score (nSPS) is 12.7. The first-order valence-corrected chi connectivity index (χ1v) is 9.58. The molecule has 0 aliphatic carbocycles. The lowest BCUT2D eigenvalue weighted by molar-refractivity contribution is -0.137. The Morgan fingerprint density at radius 3 is 2.33 bits per heavy atom. The number of alkyl halides is 2. The van der Waals surface area contributed by atoms with E-state index >= 15 is 0 Å². The Morgan fingerprint density at radius 1 is 1.07 bits per heavy atom. The van der Waals surface area contributed by atoms with Crippen molar-refractivity contribution in [2.75, 3.05) is 0 Å². The number of rotatable bonds is 10. The highest BCUT2D eigenvalue weighted by molar-refractivity contribution is 7.89. The van der Waals surface area contributed by atoms with Crippen LogP contribution in [-0.4, -0.2) is 32.1 Å². The second-order valence-electron chi connectivity index (χ2n) is 5.77. The number of hydrogen-bond donors (Lipinski definition) is 2. The molecule has 9 heteroatoms. The molecule has 2 aromatic carbocycles. The Hall–Kier alpha value is -2.52. The molecule has 1 unspecified atom stereocenters. The van der Waals surface area contributed by atoms with Gasteiger partial charge in [0, 0.05) is 12.5 Å². The van der Waals surface area contributed by atoms with E-state index in [1.807, 2.05) is 0 Å². The number of carbonyl (C=O) groups is 1. The molecule has 0 fully saturated rings. The van der Waals surface area contributed by atoms with Crippen LogP contribution < -0.4 is 9.46 Å². The Morgan fingerprint density at radius 2 is 1.70 bits per heavy atom. The zero-order chi connectivity index (χ0) is 19.9. The monoisotopic (exact) mass is 399 g/mol. The van der Waals surface area contributed by atoms with E-state index in [1.54, 1.807) is 30.3 Å². The third kappa shape index (κ3) is 6.61. The van der Waals surface area contributed by atoms with Crippen LogP contribution >= 0.6 is 0 Å². The summed E-state index contributed by atoms with van der Waals surface area (Å²) in [6.45, 7) is -3.17. The number of benzene rings is 2. The predicted octanol–water partition coefficient (Wildman–Crippen LogP) is 3.04. The van der Waals surface area contributed by atoms with Gasteiger partial charge in [-0.3, -0.25) is 4.79 Å². The maximum atomic E-state index is 12.7. The fourth-order valence-electron chi connectivity index (χ4n) is 2.55. The fraction of sp³-hybridized carbons (Fsp3) is 0.278. The standard InChI is InChI=1S/C18H19F2NO5S/c19-18(20)26-15-8-4-5-9-16(15)27(24,25)21-14(10-11-17(22)23)12-13-6-2-1-3-7-13/h1-9,14,18,21H,10-12H2,(H,22,23). The molecule has 0 radical (unpaired) electrons. The highest BCUT2D eigenvalue weighted by Gasteiger charge is 2.25. The van der Waals surface area contributed by atoms with E-state index in [1.165, 1.54) is 12.1 Å². The van der Waals surface area contributed by atoms with Crippen molar-refractivity contribution in [2.24, 2.45) is 0 Å². The van der Waals surface area contributed by atoms with E-state index in [4.69, 9.17) is 5.11 Å². The van der Waals surface area contributed by atoms with Crippen molar-refractivity contribution in [3.63, 3.8) is 0 Å². The summed E-state index contributed by atoms with van der Waals surface area (Å²) in [7, 11) is -4.21. The van der Waals surface area contributed by atoms with Crippen molar-refractivity contribution in [2.45, 2.75) is 36.8 Å². The molecule has 0 saturated carbocycles. The summed E-state index contributed by atoms with van der Waals surface area (Å²) in [4.78, 5) is 10.5. The lowest BCUT2D eigenvalue weighted by Crippen LogP contribution is -2.37. The van der Waals surface area contributed by atoms with Gasteiger partial charge in [-0.1, -0.05) is 42.5 Å². The van der Waals surface area contributed by atoms with E-state index in [9.17, 15) is 22.0 Å². The van der Waals surface area contributed by atoms with E-state index in [2.05, 4.69) is 9.46 Å². The van der Waals surface area contributed by atoms with Gasteiger partial charge in [0.1, 0.15) is 10.6 Å². The summed E-state index contributed by atoms with van der Waals surface area (Å²) in [5, 5.41) is 8.91. The van der Waals surface area contributed by atoms with Crippen LogP contribution in [0.25, 0.3) is 0 Å². The van der Waals surface area contributed by atoms with Crippen molar-refractivity contribution < 1.29 is 31.8 Å². The molecule has 0 spiro atoms. The maximum Gasteiger partial charge on any atom is 0.387 e. The van der Waals surface area contributed by atoms with Crippen LogP contribution in [0.3, 0.4) is 0 Å². The molecule has 0 aromatic heterocycles. The van der Waals surface area contributed by atoms with Gasteiger partial charge < -0.3 is 9.84 Å². The number of hydrogen-bond acceptors (Lipinski definition) is 4. The van der Waals surface area contributed by atoms with E-state index in [0.29, 0.717) is 0 Å². The second-order valence-corrected chi connectivity index (χ2v) is 7.45. The van der Waals surface area contributed by atoms with Gasteiger partial charge in [0.2, 0.25) is 10.0 Å². The Bertz CT molecular complexity index is 859. The first-order valence-electron chi connectivity index (χ1n) is 8.10. The molecular formula is C18H19F2NO5S. The van der Waals surface area contributed by atoms with Crippen molar-refractivity contribution in [3.05, 3.63) is 60.2 Å². The maximum absolute atomic E-state index is 12.7. The number of halogens is 2. The molecule has 0 aliphatic heterocycles. The molecule has 0 amide bonds. The third-order valence-electron chi connectivity index (χ3n) is 3.71. The van der Waals surface area contributed by atoms with Gasteiger partial charge in [0.15, 0.2) is 0 Å². The highest BCUT2D eigenvalue weighted by atomic mass is 32.2. The summed E-state index contributed by atoms with van der Waals surface area (Å²) in [6, 6.07) is 13.3. The number of carboxylic acids is 1. The van der Waals surface area contributed by atoms with Crippen LogP contribution in [0.5, 0.6) is 5.75 Å². The van der Waals surface area contributed by atoms with E-state index in [-0.39, 0.29) is 19.3 Å². The van der Waals surface area contributed by atoms with Crippen LogP contribution in [0.2, 0.25) is 0 Å². The molecular weight excluding hydrogens is 380 g/mol. The number of carboxylic acid groups (broad SMARTS) is 1. The molecule has 0 aliphatic rings. The van der Waals surface area contributed by atoms with Crippen LogP contribution in [0, 0.1) is 0 Å². The van der Waals surface area contributed by atoms with Gasteiger partial charge >= 0.3 is 12.6 Å². The van der Waals surface area contributed by atoms with Gasteiger partial charge in [-0.2, -0.15) is 8.78 Å². The molecule has 0 bridgehead atoms.